The van der Waals surface area contributed by atoms with E-state index in [1.54, 1.807) is 24.6 Å². The predicted octanol–water partition coefficient (Wildman–Crippen LogP) is 3.02. The second kappa shape index (κ2) is 7.94. The molecule has 4 aromatic rings. The van der Waals surface area contributed by atoms with Crippen LogP contribution in [-0.2, 0) is 12.8 Å². The first-order valence-corrected chi connectivity index (χ1v) is 9.81. The number of hydrogen-bond donors (Lipinski definition) is 2. The minimum atomic E-state index is -0.565. The number of furan rings is 1. The third-order valence-corrected chi connectivity index (χ3v) is 5.01. The molecule has 1 aromatic carbocycles. The average Bonchev–Trinajstić information content (AvgIpc) is 3.45. The van der Waals surface area contributed by atoms with Crippen molar-refractivity contribution in [2.45, 2.75) is 12.8 Å². The van der Waals surface area contributed by atoms with Gasteiger partial charge in [0.05, 0.1) is 24.9 Å². The van der Waals surface area contributed by atoms with Crippen molar-refractivity contribution in [3.05, 3.63) is 65.7 Å². The number of nitrogens with one attached hydrogen (secondary N) is 1. The van der Waals surface area contributed by atoms with Gasteiger partial charge < -0.3 is 24.9 Å². The van der Waals surface area contributed by atoms with Crippen LogP contribution in [0.5, 0.6) is 11.6 Å². The summed E-state index contributed by atoms with van der Waals surface area (Å²) in [6.07, 6.45) is 4.56. The lowest BCUT2D eigenvalue weighted by molar-refractivity contribution is 0.0995. The van der Waals surface area contributed by atoms with Crippen molar-refractivity contribution in [3.63, 3.8) is 0 Å². The molecule has 3 N–H and O–H groups in total. The van der Waals surface area contributed by atoms with Crippen molar-refractivity contribution in [1.29, 1.82) is 0 Å². The van der Waals surface area contributed by atoms with Gasteiger partial charge in [-0.25, -0.2) is 0 Å². The molecule has 0 atom stereocenters. The van der Waals surface area contributed by atoms with Crippen molar-refractivity contribution in [2.24, 2.45) is 5.73 Å². The van der Waals surface area contributed by atoms with E-state index in [9.17, 15) is 4.79 Å². The van der Waals surface area contributed by atoms with Crippen LogP contribution in [-0.4, -0.2) is 34.3 Å². The molecule has 0 fully saturated rings. The molecule has 3 aromatic heterocycles. The number of amides is 1. The average molecular weight is 417 g/mol. The second-order valence-electron chi connectivity index (χ2n) is 7.08. The third kappa shape index (κ3) is 3.85. The van der Waals surface area contributed by atoms with Crippen LogP contribution in [0, 0.1) is 0 Å². The highest BCUT2D eigenvalue weighted by molar-refractivity contribution is 5.92. The van der Waals surface area contributed by atoms with Gasteiger partial charge in [0.1, 0.15) is 11.4 Å². The van der Waals surface area contributed by atoms with E-state index in [0.717, 1.165) is 34.4 Å². The molecule has 0 aliphatic carbocycles. The molecule has 4 heterocycles. The monoisotopic (exact) mass is 417 g/mol. The molecule has 1 amide bonds. The first-order chi connectivity index (χ1) is 15.2. The van der Waals surface area contributed by atoms with Gasteiger partial charge in [-0.1, -0.05) is 0 Å². The standard InChI is InChI=1S/C22H19N5O4/c23-20(28)17-11-13(3-7-24-17)4-8-31-22-19-16(6-10-30-19)21(26-27-22)25-15-1-2-18-14(12-15)5-9-29-18/h1-3,6-7,10-12H,4-5,8-9H2,(H2,23,28)(H,25,26). The normalized spacial score (nSPS) is 12.4. The van der Waals surface area contributed by atoms with Gasteiger partial charge >= 0.3 is 0 Å². The molecule has 0 bridgehead atoms. The molecule has 0 radical (unpaired) electrons. The fraction of sp³-hybridized carbons (Fsp3) is 0.182. The SMILES string of the molecule is NC(=O)c1cc(CCOc2nnc(Nc3ccc4c(c3)CCO4)c3ccoc23)ccn1. The number of nitrogens with two attached hydrogens (primary N) is 1. The number of carbonyl (C=O) groups excluding carboxylic acids is 1. The number of benzene rings is 1. The molecular weight excluding hydrogens is 398 g/mol. The van der Waals surface area contributed by atoms with Crippen LogP contribution in [0.3, 0.4) is 0 Å². The lowest BCUT2D eigenvalue weighted by Crippen LogP contribution is -2.13. The maximum atomic E-state index is 11.3. The lowest BCUT2D eigenvalue weighted by Gasteiger charge is -2.10. The number of fused-ring (bicyclic) bond motifs is 2. The first kappa shape index (κ1) is 18.9. The second-order valence-corrected chi connectivity index (χ2v) is 7.08. The Balaban J connectivity index is 1.30. The fourth-order valence-corrected chi connectivity index (χ4v) is 3.47. The van der Waals surface area contributed by atoms with Crippen LogP contribution < -0.4 is 20.5 Å². The summed E-state index contributed by atoms with van der Waals surface area (Å²) in [5.41, 5.74) is 8.95. The molecule has 31 heavy (non-hydrogen) atoms. The van der Waals surface area contributed by atoms with Gasteiger partial charge in [0.15, 0.2) is 5.82 Å². The van der Waals surface area contributed by atoms with Crippen molar-refractivity contribution in [2.75, 3.05) is 18.5 Å². The number of rotatable bonds is 7. The minimum absolute atomic E-state index is 0.222. The number of anilines is 2. The molecule has 5 rings (SSSR count). The molecule has 0 spiro atoms. The highest BCUT2D eigenvalue weighted by Gasteiger charge is 2.16. The Morgan fingerprint density at radius 2 is 2.13 bits per heavy atom. The molecule has 9 nitrogen and oxygen atoms in total. The molecular formula is C22H19N5O4. The zero-order valence-corrected chi connectivity index (χ0v) is 16.5. The molecule has 156 valence electrons. The van der Waals surface area contributed by atoms with Gasteiger partial charge in [0, 0.05) is 24.7 Å². The number of primary amides is 1. The number of nitrogens with zero attached hydrogens (tertiary/aromatic N) is 3. The summed E-state index contributed by atoms with van der Waals surface area (Å²) in [7, 11) is 0. The molecule has 1 aliphatic heterocycles. The number of pyridine rings is 1. The molecule has 0 unspecified atom stereocenters. The van der Waals surface area contributed by atoms with Gasteiger partial charge in [0.25, 0.3) is 11.8 Å². The van der Waals surface area contributed by atoms with E-state index in [2.05, 4.69) is 26.6 Å². The van der Waals surface area contributed by atoms with E-state index in [4.69, 9.17) is 19.6 Å². The number of carbonyl (C=O) groups is 1. The summed E-state index contributed by atoms with van der Waals surface area (Å²) in [4.78, 5) is 15.2. The summed E-state index contributed by atoms with van der Waals surface area (Å²) in [6, 6.07) is 11.2. The Labute approximate surface area is 177 Å². The van der Waals surface area contributed by atoms with E-state index in [-0.39, 0.29) is 5.69 Å². The van der Waals surface area contributed by atoms with E-state index in [1.165, 1.54) is 0 Å². The maximum absolute atomic E-state index is 11.3. The summed E-state index contributed by atoms with van der Waals surface area (Å²) in [5, 5.41) is 12.5. The Bertz CT molecular complexity index is 1270. The van der Waals surface area contributed by atoms with Gasteiger partial charge in [-0.05, 0) is 47.5 Å². The Morgan fingerprint density at radius 3 is 3.03 bits per heavy atom. The van der Waals surface area contributed by atoms with Gasteiger partial charge in [-0.15, -0.1) is 10.2 Å². The Morgan fingerprint density at radius 1 is 1.19 bits per heavy atom. The van der Waals surface area contributed by atoms with Gasteiger partial charge in [0.2, 0.25) is 5.58 Å². The summed E-state index contributed by atoms with van der Waals surface area (Å²) < 4.78 is 16.9. The van der Waals surface area contributed by atoms with Crippen LogP contribution in [0.1, 0.15) is 21.6 Å². The van der Waals surface area contributed by atoms with Crippen LogP contribution in [0.15, 0.2) is 53.3 Å². The minimum Gasteiger partial charge on any atom is -0.493 e. The van der Waals surface area contributed by atoms with E-state index in [0.29, 0.717) is 36.9 Å². The van der Waals surface area contributed by atoms with E-state index >= 15 is 0 Å². The zero-order valence-electron chi connectivity index (χ0n) is 16.5. The van der Waals surface area contributed by atoms with Gasteiger partial charge in [-0.3, -0.25) is 9.78 Å². The number of ether oxygens (including phenoxy) is 2. The highest BCUT2D eigenvalue weighted by Crippen LogP contribution is 2.33. The van der Waals surface area contributed by atoms with E-state index in [1.807, 2.05) is 18.2 Å². The van der Waals surface area contributed by atoms with Crippen molar-refractivity contribution in [3.8, 4) is 11.6 Å². The topological polar surface area (TPSA) is 125 Å². The molecule has 0 saturated carbocycles. The van der Waals surface area contributed by atoms with Crippen LogP contribution >= 0.6 is 0 Å². The number of aromatic nitrogens is 3. The quantitative estimate of drug-likeness (QED) is 0.470. The summed E-state index contributed by atoms with van der Waals surface area (Å²) in [6.45, 7) is 1.03. The zero-order chi connectivity index (χ0) is 21.2. The van der Waals surface area contributed by atoms with E-state index < -0.39 is 5.91 Å². The van der Waals surface area contributed by atoms with Crippen molar-refractivity contribution < 1.29 is 18.7 Å². The third-order valence-electron chi connectivity index (χ3n) is 5.01. The smallest absolute Gasteiger partial charge is 0.277 e. The fourth-order valence-electron chi connectivity index (χ4n) is 3.47. The molecule has 1 aliphatic rings. The predicted molar refractivity (Wildman–Crippen MR) is 113 cm³/mol. The van der Waals surface area contributed by atoms with Crippen molar-refractivity contribution >= 4 is 28.4 Å². The van der Waals surface area contributed by atoms with Crippen LogP contribution in [0.25, 0.3) is 11.0 Å². The summed E-state index contributed by atoms with van der Waals surface area (Å²) in [5.74, 6) is 1.24. The Kier molecular flexibility index (Phi) is 4.83. The number of hydrogen-bond acceptors (Lipinski definition) is 8. The Hall–Kier alpha value is -4.14. The molecule has 0 saturated heterocycles. The molecule has 9 heteroatoms. The van der Waals surface area contributed by atoms with Crippen molar-refractivity contribution in [1.82, 2.24) is 15.2 Å². The largest absolute Gasteiger partial charge is 0.493 e. The van der Waals surface area contributed by atoms with Crippen LogP contribution in [0.4, 0.5) is 11.5 Å². The highest BCUT2D eigenvalue weighted by atomic mass is 16.5. The maximum Gasteiger partial charge on any atom is 0.277 e. The van der Waals surface area contributed by atoms with Gasteiger partial charge in [-0.2, -0.15) is 0 Å². The summed E-state index contributed by atoms with van der Waals surface area (Å²) >= 11 is 0. The van der Waals surface area contributed by atoms with Crippen LogP contribution in [0.2, 0.25) is 0 Å². The lowest BCUT2D eigenvalue weighted by atomic mass is 10.1. The first-order valence-electron chi connectivity index (χ1n) is 9.81.